The lowest BCUT2D eigenvalue weighted by atomic mass is 10.4. The zero-order chi connectivity index (χ0) is 10.3. The van der Waals surface area contributed by atoms with E-state index in [4.69, 9.17) is 5.11 Å². The van der Waals surface area contributed by atoms with Crippen LogP contribution in [0.4, 0.5) is 5.13 Å². The molecule has 0 saturated heterocycles. The van der Waals surface area contributed by atoms with E-state index in [9.17, 15) is 4.79 Å². The number of aromatic nitrogens is 1. The van der Waals surface area contributed by atoms with E-state index in [0.29, 0.717) is 16.6 Å². The molecule has 1 aromatic heterocycles. The Balaban J connectivity index is 2.26. The van der Waals surface area contributed by atoms with Crippen LogP contribution in [0.3, 0.4) is 0 Å². The molecule has 0 spiro atoms. The molecule has 4 nitrogen and oxygen atoms in total. The van der Waals surface area contributed by atoms with Gasteiger partial charge < -0.3 is 10.0 Å². The van der Waals surface area contributed by atoms with Crippen LogP contribution in [0.5, 0.6) is 0 Å². The van der Waals surface area contributed by atoms with Crippen molar-refractivity contribution in [3.05, 3.63) is 10.6 Å². The second-order valence-electron chi connectivity index (χ2n) is 3.56. The van der Waals surface area contributed by atoms with Crippen molar-refractivity contribution in [1.82, 2.24) is 4.98 Å². The highest BCUT2D eigenvalue weighted by molar-refractivity contribution is 7.17. The van der Waals surface area contributed by atoms with Gasteiger partial charge in [0.15, 0.2) is 5.13 Å². The van der Waals surface area contributed by atoms with Gasteiger partial charge in [-0.2, -0.15) is 0 Å². The summed E-state index contributed by atoms with van der Waals surface area (Å²) in [6.07, 6.45) is 2.38. The third kappa shape index (κ3) is 1.59. The molecule has 1 aromatic rings. The summed E-state index contributed by atoms with van der Waals surface area (Å²) in [7, 11) is 1.97. The lowest BCUT2D eigenvalue weighted by Gasteiger charge is -2.13. The molecule has 0 aromatic carbocycles. The number of carboxylic acids is 1. The molecule has 76 valence electrons. The Labute approximate surface area is 86.2 Å². The predicted molar refractivity (Wildman–Crippen MR) is 55.2 cm³/mol. The maximum Gasteiger partial charge on any atom is 0.347 e. The van der Waals surface area contributed by atoms with Crippen LogP contribution in [0.15, 0.2) is 0 Å². The summed E-state index contributed by atoms with van der Waals surface area (Å²) in [5, 5.41) is 9.69. The molecule has 14 heavy (non-hydrogen) atoms. The van der Waals surface area contributed by atoms with Crippen molar-refractivity contribution in [3.8, 4) is 0 Å². The number of hydrogen-bond acceptors (Lipinski definition) is 4. The minimum absolute atomic E-state index is 0.354. The maximum absolute atomic E-state index is 10.8. The fraction of sp³-hybridized carbons (Fsp3) is 0.556. The largest absolute Gasteiger partial charge is 0.477 e. The monoisotopic (exact) mass is 212 g/mol. The van der Waals surface area contributed by atoms with Crippen molar-refractivity contribution in [2.24, 2.45) is 0 Å². The number of aryl methyl sites for hydroxylation is 1. The van der Waals surface area contributed by atoms with Crippen molar-refractivity contribution in [1.29, 1.82) is 0 Å². The zero-order valence-corrected chi connectivity index (χ0v) is 8.97. The van der Waals surface area contributed by atoms with Crippen LogP contribution in [0, 0.1) is 6.92 Å². The molecular formula is C9H12N2O2S. The molecule has 1 fully saturated rings. The van der Waals surface area contributed by atoms with Gasteiger partial charge in [-0.05, 0) is 19.8 Å². The van der Waals surface area contributed by atoms with E-state index >= 15 is 0 Å². The summed E-state index contributed by atoms with van der Waals surface area (Å²) in [6.45, 7) is 1.74. The molecule has 1 saturated carbocycles. The van der Waals surface area contributed by atoms with Crippen LogP contribution >= 0.6 is 11.3 Å². The first-order valence-corrected chi connectivity index (χ1v) is 5.35. The highest BCUT2D eigenvalue weighted by atomic mass is 32.1. The standard InChI is InChI=1S/C9H12N2O2S/c1-5-7(8(12)13)14-9(10-5)11(2)6-3-4-6/h6H,3-4H2,1-2H3,(H,12,13). The van der Waals surface area contributed by atoms with Crippen molar-refractivity contribution >= 4 is 22.4 Å². The highest BCUT2D eigenvalue weighted by Crippen LogP contribution is 2.33. The number of nitrogens with zero attached hydrogens (tertiary/aromatic N) is 2. The lowest BCUT2D eigenvalue weighted by molar-refractivity contribution is 0.0701. The molecular weight excluding hydrogens is 200 g/mol. The predicted octanol–water partition coefficient (Wildman–Crippen LogP) is 1.75. The first kappa shape index (κ1) is 9.45. The number of aromatic carboxylic acids is 1. The van der Waals surface area contributed by atoms with Crippen LogP contribution in [-0.2, 0) is 0 Å². The van der Waals surface area contributed by atoms with Gasteiger partial charge in [0, 0.05) is 13.1 Å². The SMILES string of the molecule is Cc1nc(N(C)C2CC2)sc1C(=O)O. The molecule has 5 heteroatoms. The average Bonchev–Trinajstić information content (AvgIpc) is 2.88. The quantitative estimate of drug-likeness (QED) is 0.829. The van der Waals surface area contributed by atoms with Gasteiger partial charge in [0.05, 0.1) is 5.69 Å². The molecule has 1 heterocycles. The van der Waals surface area contributed by atoms with E-state index in [0.717, 1.165) is 5.13 Å². The van der Waals surface area contributed by atoms with Gasteiger partial charge in [-0.1, -0.05) is 11.3 Å². The van der Waals surface area contributed by atoms with Gasteiger partial charge >= 0.3 is 5.97 Å². The first-order valence-electron chi connectivity index (χ1n) is 4.53. The Kier molecular flexibility index (Phi) is 2.19. The van der Waals surface area contributed by atoms with E-state index < -0.39 is 5.97 Å². The number of carbonyl (C=O) groups is 1. The van der Waals surface area contributed by atoms with E-state index in [2.05, 4.69) is 9.88 Å². The summed E-state index contributed by atoms with van der Waals surface area (Å²) in [5.41, 5.74) is 0.616. The zero-order valence-electron chi connectivity index (χ0n) is 8.15. The van der Waals surface area contributed by atoms with E-state index in [1.807, 2.05) is 7.05 Å². The smallest absolute Gasteiger partial charge is 0.347 e. The summed E-state index contributed by atoms with van der Waals surface area (Å²) in [4.78, 5) is 17.5. The number of anilines is 1. The fourth-order valence-corrected chi connectivity index (χ4v) is 2.29. The van der Waals surface area contributed by atoms with Crippen molar-refractivity contribution in [3.63, 3.8) is 0 Å². The average molecular weight is 212 g/mol. The van der Waals surface area contributed by atoms with Gasteiger partial charge in [0.2, 0.25) is 0 Å². The van der Waals surface area contributed by atoms with Crippen molar-refractivity contribution < 1.29 is 9.90 Å². The third-order valence-electron chi connectivity index (χ3n) is 2.38. The summed E-state index contributed by atoms with van der Waals surface area (Å²) >= 11 is 1.26. The second kappa shape index (κ2) is 3.24. The molecule has 0 atom stereocenters. The Hall–Kier alpha value is -1.10. The van der Waals surface area contributed by atoms with Crippen molar-refractivity contribution in [2.75, 3.05) is 11.9 Å². The van der Waals surface area contributed by atoms with Crippen LogP contribution in [0.25, 0.3) is 0 Å². The first-order chi connectivity index (χ1) is 6.59. The second-order valence-corrected chi connectivity index (χ2v) is 4.54. The molecule has 0 bridgehead atoms. The molecule has 2 rings (SSSR count). The minimum atomic E-state index is -0.879. The van der Waals surface area contributed by atoms with Crippen molar-refractivity contribution in [2.45, 2.75) is 25.8 Å². The molecule has 0 unspecified atom stereocenters. The highest BCUT2D eigenvalue weighted by Gasteiger charge is 2.29. The Morgan fingerprint density at radius 3 is 2.71 bits per heavy atom. The van der Waals surface area contributed by atoms with Crippen LogP contribution < -0.4 is 4.90 Å². The Bertz CT molecular complexity index is 371. The van der Waals surface area contributed by atoms with Gasteiger partial charge in [-0.3, -0.25) is 0 Å². The van der Waals surface area contributed by atoms with E-state index in [1.54, 1.807) is 6.92 Å². The van der Waals surface area contributed by atoms with E-state index in [-0.39, 0.29) is 0 Å². The van der Waals surface area contributed by atoms with Crippen LogP contribution in [-0.4, -0.2) is 29.1 Å². The van der Waals surface area contributed by atoms with Crippen LogP contribution in [0.2, 0.25) is 0 Å². The minimum Gasteiger partial charge on any atom is -0.477 e. The summed E-state index contributed by atoms with van der Waals surface area (Å²) in [6, 6.07) is 0.571. The van der Waals surface area contributed by atoms with E-state index in [1.165, 1.54) is 24.2 Å². The maximum atomic E-state index is 10.8. The summed E-state index contributed by atoms with van der Waals surface area (Å²) in [5.74, 6) is -0.879. The molecule has 0 radical (unpaired) electrons. The number of rotatable bonds is 3. The Morgan fingerprint density at radius 1 is 1.64 bits per heavy atom. The summed E-state index contributed by atoms with van der Waals surface area (Å²) < 4.78 is 0. The van der Waals surface area contributed by atoms with Gasteiger partial charge in [0.1, 0.15) is 4.88 Å². The lowest BCUT2D eigenvalue weighted by Crippen LogP contribution is -2.18. The normalized spacial score (nSPS) is 15.6. The van der Waals surface area contributed by atoms with Gasteiger partial charge in [0.25, 0.3) is 0 Å². The number of carboxylic acid groups (broad SMARTS) is 1. The molecule has 0 amide bonds. The van der Waals surface area contributed by atoms with Gasteiger partial charge in [-0.25, -0.2) is 9.78 Å². The topological polar surface area (TPSA) is 53.4 Å². The Morgan fingerprint density at radius 2 is 2.29 bits per heavy atom. The fourth-order valence-electron chi connectivity index (χ4n) is 1.35. The molecule has 1 N–H and O–H groups in total. The third-order valence-corrected chi connectivity index (χ3v) is 3.61. The van der Waals surface area contributed by atoms with Gasteiger partial charge in [-0.15, -0.1) is 0 Å². The van der Waals surface area contributed by atoms with Crippen LogP contribution in [0.1, 0.15) is 28.2 Å². The molecule has 0 aliphatic heterocycles. The molecule has 1 aliphatic carbocycles. The molecule has 1 aliphatic rings. The number of thiazole rings is 1. The number of hydrogen-bond donors (Lipinski definition) is 1.